The highest BCUT2D eigenvalue weighted by atomic mass is 16.1. The standard InChI is InChI=1S/C20H21N5O/c1-12-2-3-14-10-15(6-9-17(14)22-12)20(26)21-11-18-23-24-19(13-4-5-13)25(18)16-7-8-16/h2-3,6,9-10,13,16H,4-5,7-8,11H2,1H3,(H,21,26). The molecule has 1 N–H and O–H groups in total. The van der Waals surface area contributed by atoms with E-state index in [4.69, 9.17) is 0 Å². The first kappa shape index (κ1) is 15.5. The number of fused-ring (bicyclic) bond motifs is 1. The maximum atomic E-state index is 12.6. The molecule has 1 amide bonds. The van der Waals surface area contributed by atoms with Gasteiger partial charge in [0.15, 0.2) is 5.82 Å². The molecule has 2 saturated carbocycles. The van der Waals surface area contributed by atoms with Crippen molar-refractivity contribution >= 4 is 16.8 Å². The summed E-state index contributed by atoms with van der Waals surface area (Å²) in [6.07, 6.45) is 4.80. The molecule has 26 heavy (non-hydrogen) atoms. The summed E-state index contributed by atoms with van der Waals surface area (Å²) in [7, 11) is 0. The first-order chi connectivity index (χ1) is 12.7. The molecule has 2 fully saturated rings. The van der Waals surface area contributed by atoms with Crippen LogP contribution in [0, 0.1) is 6.92 Å². The van der Waals surface area contributed by atoms with Crippen molar-refractivity contribution in [2.75, 3.05) is 0 Å². The zero-order chi connectivity index (χ0) is 17.7. The molecule has 6 nitrogen and oxygen atoms in total. The van der Waals surface area contributed by atoms with Gasteiger partial charge in [-0.25, -0.2) is 0 Å². The first-order valence-corrected chi connectivity index (χ1v) is 9.28. The van der Waals surface area contributed by atoms with Crippen LogP contribution in [0.5, 0.6) is 0 Å². The average molecular weight is 347 g/mol. The van der Waals surface area contributed by atoms with Crippen LogP contribution in [0.3, 0.4) is 0 Å². The lowest BCUT2D eigenvalue weighted by Crippen LogP contribution is -2.25. The number of aryl methyl sites for hydroxylation is 1. The Bertz CT molecular complexity index is 1000. The monoisotopic (exact) mass is 347 g/mol. The lowest BCUT2D eigenvalue weighted by Gasteiger charge is -2.10. The predicted octanol–water partition coefficient (Wildman–Crippen LogP) is 3.28. The van der Waals surface area contributed by atoms with Crippen molar-refractivity contribution < 1.29 is 4.79 Å². The Balaban J connectivity index is 1.34. The van der Waals surface area contributed by atoms with Gasteiger partial charge in [0, 0.05) is 28.6 Å². The number of pyridine rings is 1. The molecule has 2 heterocycles. The fourth-order valence-electron chi connectivity index (χ4n) is 3.44. The molecular weight excluding hydrogens is 326 g/mol. The average Bonchev–Trinajstić information content (AvgIpc) is 3.58. The number of hydrogen-bond acceptors (Lipinski definition) is 4. The van der Waals surface area contributed by atoms with Gasteiger partial charge in [-0.15, -0.1) is 10.2 Å². The molecule has 0 aliphatic heterocycles. The molecule has 0 saturated heterocycles. The normalized spacial score (nSPS) is 16.8. The van der Waals surface area contributed by atoms with Crippen LogP contribution in [0.4, 0.5) is 0 Å². The van der Waals surface area contributed by atoms with Crippen LogP contribution in [0.25, 0.3) is 10.9 Å². The van der Waals surface area contributed by atoms with Crippen molar-refractivity contribution in [3.05, 3.63) is 53.2 Å². The second-order valence-electron chi connectivity index (χ2n) is 7.39. The summed E-state index contributed by atoms with van der Waals surface area (Å²) >= 11 is 0. The Morgan fingerprint density at radius 1 is 1.15 bits per heavy atom. The summed E-state index contributed by atoms with van der Waals surface area (Å²) in [5.41, 5.74) is 2.52. The van der Waals surface area contributed by atoms with Crippen LogP contribution >= 0.6 is 0 Å². The SMILES string of the molecule is Cc1ccc2cc(C(=O)NCc3nnc(C4CC4)n3C3CC3)ccc2n1. The summed E-state index contributed by atoms with van der Waals surface area (Å²) in [4.78, 5) is 17.1. The first-order valence-electron chi connectivity index (χ1n) is 9.28. The third-order valence-corrected chi connectivity index (χ3v) is 5.14. The highest BCUT2D eigenvalue weighted by molar-refractivity contribution is 5.97. The number of nitrogens with one attached hydrogen (secondary N) is 1. The van der Waals surface area contributed by atoms with Crippen LogP contribution in [-0.2, 0) is 6.54 Å². The second-order valence-corrected chi connectivity index (χ2v) is 7.39. The molecule has 0 radical (unpaired) electrons. The van der Waals surface area contributed by atoms with Gasteiger partial charge in [0.1, 0.15) is 5.82 Å². The molecule has 132 valence electrons. The summed E-state index contributed by atoms with van der Waals surface area (Å²) in [6.45, 7) is 2.38. The van der Waals surface area contributed by atoms with E-state index in [1.807, 2.05) is 37.3 Å². The van der Waals surface area contributed by atoms with Crippen LogP contribution in [0.2, 0.25) is 0 Å². The van der Waals surface area contributed by atoms with E-state index >= 15 is 0 Å². The van der Waals surface area contributed by atoms with E-state index < -0.39 is 0 Å². The number of amides is 1. The molecule has 5 rings (SSSR count). The van der Waals surface area contributed by atoms with Crippen LogP contribution < -0.4 is 5.32 Å². The van der Waals surface area contributed by atoms with Crippen LogP contribution in [0.15, 0.2) is 30.3 Å². The topological polar surface area (TPSA) is 72.7 Å². The minimum atomic E-state index is -0.0919. The number of carbonyl (C=O) groups is 1. The number of carbonyl (C=O) groups excluding carboxylic acids is 1. The van der Waals surface area contributed by atoms with Crippen molar-refractivity contribution in [3.8, 4) is 0 Å². The van der Waals surface area contributed by atoms with Crippen LogP contribution in [0.1, 0.15) is 65.3 Å². The molecule has 2 aliphatic carbocycles. The van der Waals surface area contributed by atoms with Gasteiger partial charge in [0.05, 0.1) is 12.1 Å². The van der Waals surface area contributed by atoms with Gasteiger partial charge in [-0.05, 0) is 56.9 Å². The fourth-order valence-corrected chi connectivity index (χ4v) is 3.44. The van der Waals surface area contributed by atoms with E-state index in [1.165, 1.54) is 25.7 Å². The number of rotatable bonds is 5. The van der Waals surface area contributed by atoms with E-state index in [0.29, 0.717) is 24.1 Å². The van der Waals surface area contributed by atoms with E-state index in [2.05, 4.69) is 25.1 Å². The predicted molar refractivity (Wildman–Crippen MR) is 97.9 cm³/mol. The lowest BCUT2D eigenvalue weighted by molar-refractivity contribution is 0.0949. The van der Waals surface area contributed by atoms with Gasteiger partial charge in [0.25, 0.3) is 5.91 Å². The number of aromatic nitrogens is 4. The van der Waals surface area contributed by atoms with E-state index in [1.54, 1.807) is 0 Å². The van der Waals surface area contributed by atoms with E-state index in [0.717, 1.165) is 28.2 Å². The molecule has 0 atom stereocenters. The summed E-state index contributed by atoms with van der Waals surface area (Å²) in [6, 6.07) is 10.1. The molecule has 1 aromatic carbocycles. The molecule has 2 aliphatic rings. The summed E-state index contributed by atoms with van der Waals surface area (Å²) < 4.78 is 2.27. The van der Waals surface area contributed by atoms with E-state index in [-0.39, 0.29) is 5.91 Å². The van der Waals surface area contributed by atoms with Crippen molar-refractivity contribution in [2.24, 2.45) is 0 Å². The van der Waals surface area contributed by atoms with Crippen molar-refractivity contribution in [1.29, 1.82) is 0 Å². The van der Waals surface area contributed by atoms with Gasteiger partial charge in [0.2, 0.25) is 0 Å². The maximum absolute atomic E-state index is 12.6. The summed E-state index contributed by atoms with van der Waals surface area (Å²) in [5, 5.41) is 12.7. The minimum Gasteiger partial charge on any atom is -0.345 e. The molecule has 2 aromatic heterocycles. The van der Waals surface area contributed by atoms with Gasteiger partial charge in [-0.1, -0.05) is 6.07 Å². The lowest BCUT2D eigenvalue weighted by atomic mass is 10.1. The second kappa shape index (κ2) is 5.90. The zero-order valence-electron chi connectivity index (χ0n) is 14.8. The van der Waals surface area contributed by atoms with Gasteiger partial charge in [-0.3, -0.25) is 9.78 Å². The zero-order valence-corrected chi connectivity index (χ0v) is 14.8. The highest BCUT2D eigenvalue weighted by Crippen LogP contribution is 2.44. The Hall–Kier alpha value is -2.76. The molecule has 0 spiro atoms. The highest BCUT2D eigenvalue weighted by Gasteiger charge is 2.36. The molecule has 0 unspecified atom stereocenters. The quantitative estimate of drug-likeness (QED) is 0.769. The van der Waals surface area contributed by atoms with Gasteiger partial charge in [-0.2, -0.15) is 0 Å². The minimum absolute atomic E-state index is 0.0919. The van der Waals surface area contributed by atoms with Crippen molar-refractivity contribution in [1.82, 2.24) is 25.1 Å². The van der Waals surface area contributed by atoms with Crippen molar-refractivity contribution in [2.45, 2.75) is 51.1 Å². The molecular formula is C20H21N5O. The van der Waals surface area contributed by atoms with E-state index in [9.17, 15) is 4.79 Å². The number of hydrogen-bond donors (Lipinski definition) is 1. The number of nitrogens with zero attached hydrogens (tertiary/aromatic N) is 4. The van der Waals surface area contributed by atoms with Crippen molar-refractivity contribution in [3.63, 3.8) is 0 Å². The largest absolute Gasteiger partial charge is 0.345 e. The molecule has 0 bridgehead atoms. The van der Waals surface area contributed by atoms with Gasteiger partial charge >= 0.3 is 0 Å². The Labute approximate surface area is 151 Å². The molecule has 3 aromatic rings. The van der Waals surface area contributed by atoms with Gasteiger partial charge < -0.3 is 9.88 Å². The van der Waals surface area contributed by atoms with Crippen LogP contribution in [-0.4, -0.2) is 25.7 Å². The Morgan fingerprint density at radius 2 is 2.00 bits per heavy atom. The molecule has 6 heteroatoms. The number of benzene rings is 1. The Morgan fingerprint density at radius 3 is 2.77 bits per heavy atom. The summed E-state index contributed by atoms with van der Waals surface area (Å²) in [5.74, 6) is 2.47. The third kappa shape index (κ3) is 2.85. The third-order valence-electron chi connectivity index (χ3n) is 5.14. The maximum Gasteiger partial charge on any atom is 0.251 e. The smallest absolute Gasteiger partial charge is 0.251 e. The Kier molecular flexibility index (Phi) is 3.51. The fraction of sp³-hybridized carbons (Fsp3) is 0.400.